The molecular formula is C18H26ClN3O5. The molecule has 1 fully saturated rings. The number of benzene rings is 1. The summed E-state index contributed by atoms with van der Waals surface area (Å²) >= 11 is 6.20. The normalized spacial score (nSPS) is 17.3. The van der Waals surface area contributed by atoms with Crippen LogP contribution in [0.25, 0.3) is 0 Å². The van der Waals surface area contributed by atoms with Gasteiger partial charge >= 0.3 is 12.0 Å². The van der Waals surface area contributed by atoms with Gasteiger partial charge in [-0.2, -0.15) is 0 Å². The van der Waals surface area contributed by atoms with E-state index in [-0.39, 0.29) is 24.8 Å². The summed E-state index contributed by atoms with van der Waals surface area (Å²) in [6.45, 7) is 5.44. The molecule has 0 radical (unpaired) electrons. The summed E-state index contributed by atoms with van der Waals surface area (Å²) in [6.07, 6.45) is -0.230. The molecule has 1 aliphatic heterocycles. The van der Waals surface area contributed by atoms with E-state index in [1.54, 1.807) is 35.0 Å². The highest BCUT2D eigenvalue weighted by Gasteiger charge is 2.25. The maximum Gasteiger partial charge on any atom is 0.322 e. The molecule has 2 rings (SSSR count). The maximum atomic E-state index is 12.5. The number of anilines is 1. The van der Waals surface area contributed by atoms with Gasteiger partial charge in [-0.25, -0.2) is 4.79 Å². The second-order valence-electron chi connectivity index (χ2n) is 6.77. The Morgan fingerprint density at radius 2 is 2.22 bits per heavy atom. The number of aliphatic carboxylic acids is 1. The van der Waals surface area contributed by atoms with Crippen LogP contribution in [0.15, 0.2) is 18.2 Å². The van der Waals surface area contributed by atoms with Crippen LogP contribution in [0, 0.1) is 0 Å². The first-order chi connectivity index (χ1) is 12.7. The highest BCUT2D eigenvalue weighted by Crippen LogP contribution is 2.28. The fourth-order valence-corrected chi connectivity index (χ4v) is 3.01. The van der Waals surface area contributed by atoms with Crippen LogP contribution < -0.4 is 10.1 Å². The molecule has 2 N–H and O–H groups in total. The Labute approximate surface area is 164 Å². The van der Waals surface area contributed by atoms with Crippen molar-refractivity contribution in [2.75, 3.05) is 45.2 Å². The highest BCUT2D eigenvalue weighted by atomic mass is 35.5. The highest BCUT2D eigenvalue weighted by molar-refractivity contribution is 6.32. The Bertz CT molecular complexity index is 670. The Balaban J connectivity index is 1.91. The second kappa shape index (κ2) is 9.77. The van der Waals surface area contributed by atoms with Crippen molar-refractivity contribution in [3.8, 4) is 5.75 Å². The number of halogens is 1. The number of nitrogens with zero attached hydrogens (tertiary/aromatic N) is 2. The number of carboxylic acid groups (broad SMARTS) is 1. The summed E-state index contributed by atoms with van der Waals surface area (Å²) in [5.41, 5.74) is 0.576. The molecule has 1 aromatic carbocycles. The Hall–Kier alpha value is -2.03. The third-order valence-electron chi connectivity index (χ3n) is 3.89. The zero-order valence-electron chi connectivity index (χ0n) is 15.8. The zero-order valence-corrected chi connectivity index (χ0v) is 16.5. The number of ether oxygens (including phenoxy) is 2. The van der Waals surface area contributed by atoms with Crippen LogP contribution in [-0.2, 0) is 9.53 Å². The minimum absolute atomic E-state index is 0.00693. The summed E-state index contributed by atoms with van der Waals surface area (Å²) in [7, 11) is 1.71. The van der Waals surface area contributed by atoms with Gasteiger partial charge in [0.1, 0.15) is 5.75 Å². The molecule has 0 spiro atoms. The van der Waals surface area contributed by atoms with Crippen molar-refractivity contribution >= 4 is 29.3 Å². The first-order valence-corrected chi connectivity index (χ1v) is 9.16. The Morgan fingerprint density at radius 3 is 2.85 bits per heavy atom. The van der Waals surface area contributed by atoms with Gasteiger partial charge in [-0.15, -0.1) is 0 Å². The number of hydrogen-bond donors (Lipinski definition) is 2. The van der Waals surface area contributed by atoms with Crippen LogP contribution >= 0.6 is 11.6 Å². The van der Waals surface area contributed by atoms with Gasteiger partial charge in [0.25, 0.3) is 0 Å². The minimum atomic E-state index is -0.898. The number of carbonyl (C=O) groups is 2. The largest absolute Gasteiger partial charge is 0.489 e. The number of rotatable bonds is 7. The summed E-state index contributed by atoms with van der Waals surface area (Å²) in [5.74, 6) is -0.331. The van der Waals surface area contributed by atoms with E-state index in [1.807, 2.05) is 13.8 Å². The molecule has 27 heavy (non-hydrogen) atoms. The van der Waals surface area contributed by atoms with E-state index in [9.17, 15) is 9.59 Å². The smallest absolute Gasteiger partial charge is 0.322 e. The van der Waals surface area contributed by atoms with E-state index >= 15 is 0 Å². The molecule has 1 unspecified atom stereocenters. The predicted octanol–water partition coefficient (Wildman–Crippen LogP) is 2.38. The monoisotopic (exact) mass is 399 g/mol. The summed E-state index contributed by atoms with van der Waals surface area (Å²) < 4.78 is 11.2. The third kappa shape index (κ3) is 6.89. The van der Waals surface area contributed by atoms with Gasteiger partial charge in [-0.3, -0.25) is 9.69 Å². The lowest BCUT2D eigenvalue weighted by molar-refractivity contribution is -0.138. The summed E-state index contributed by atoms with van der Waals surface area (Å²) in [6, 6.07) is 4.86. The van der Waals surface area contributed by atoms with Crippen molar-refractivity contribution in [3.05, 3.63) is 23.2 Å². The summed E-state index contributed by atoms with van der Waals surface area (Å²) in [4.78, 5) is 26.6. The first kappa shape index (κ1) is 21.3. The van der Waals surface area contributed by atoms with Crippen LogP contribution in [0.5, 0.6) is 5.75 Å². The van der Waals surface area contributed by atoms with E-state index in [0.717, 1.165) is 0 Å². The van der Waals surface area contributed by atoms with Crippen LogP contribution in [0.3, 0.4) is 0 Å². The first-order valence-electron chi connectivity index (χ1n) is 8.78. The van der Waals surface area contributed by atoms with Gasteiger partial charge in [0.05, 0.1) is 30.4 Å². The molecule has 1 aromatic rings. The van der Waals surface area contributed by atoms with Gasteiger partial charge in [-0.1, -0.05) is 11.6 Å². The molecule has 1 saturated heterocycles. The van der Waals surface area contributed by atoms with Gasteiger partial charge in [-0.05, 0) is 39.1 Å². The topological polar surface area (TPSA) is 91.3 Å². The van der Waals surface area contributed by atoms with E-state index < -0.39 is 5.97 Å². The number of carboxylic acids is 1. The van der Waals surface area contributed by atoms with E-state index in [2.05, 4.69) is 5.32 Å². The predicted molar refractivity (Wildman–Crippen MR) is 103 cm³/mol. The lowest BCUT2D eigenvalue weighted by atomic mass is 10.2. The van der Waals surface area contributed by atoms with Crippen molar-refractivity contribution in [1.29, 1.82) is 0 Å². The quantitative estimate of drug-likeness (QED) is 0.731. The maximum absolute atomic E-state index is 12.5. The lowest BCUT2D eigenvalue weighted by Gasteiger charge is -2.34. The molecule has 1 heterocycles. The van der Waals surface area contributed by atoms with E-state index in [4.69, 9.17) is 26.2 Å². The van der Waals surface area contributed by atoms with Crippen LogP contribution in [0.2, 0.25) is 5.02 Å². The Kier molecular flexibility index (Phi) is 7.70. The second-order valence-corrected chi connectivity index (χ2v) is 7.18. The van der Waals surface area contributed by atoms with Gasteiger partial charge in [0.15, 0.2) is 0 Å². The number of amides is 2. The summed E-state index contributed by atoms with van der Waals surface area (Å²) in [5, 5.41) is 12.1. The van der Waals surface area contributed by atoms with Crippen LogP contribution in [0.4, 0.5) is 10.5 Å². The molecule has 0 aliphatic carbocycles. The third-order valence-corrected chi connectivity index (χ3v) is 4.19. The molecule has 8 nitrogen and oxygen atoms in total. The van der Waals surface area contributed by atoms with Crippen molar-refractivity contribution in [1.82, 2.24) is 9.80 Å². The lowest BCUT2D eigenvalue weighted by Crippen LogP contribution is -2.50. The number of likely N-dealkylation sites (N-methyl/N-ethyl adjacent to an activating group) is 1. The Morgan fingerprint density at radius 1 is 1.48 bits per heavy atom. The van der Waals surface area contributed by atoms with Crippen molar-refractivity contribution in [2.45, 2.75) is 26.1 Å². The van der Waals surface area contributed by atoms with Gasteiger partial charge in [0, 0.05) is 25.3 Å². The fourth-order valence-electron chi connectivity index (χ4n) is 2.79. The van der Waals surface area contributed by atoms with E-state index in [0.29, 0.717) is 42.7 Å². The van der Waals surface area contributed by atoms with Crippen molar-refractivity contribution in [2.24, 2.45) is 0 Å². The molecular weight excluding hydrogens is 374 g/mol. The van der Waals surface area contributed by atoms with E-state index in [1.165, 1.54) is 0 Å². The molecule has 0 saturated carbocycles. The van der Waals surface area contributed by atoms with Crippen molar-refractivity contribution < 1.29 is 24.2 Å². The average molecular weight is 400 g/mol. The molecule has 1 atom stereocenters. The average Bonchev–Trinajstić information content (AvgIpc) is 2.56. The number of carbonyl (C=O) groups excluding carboxylic acids is 1. The zero-order chi connectivity index (χ0) is 20.0. The van der Waals surface area contributed by atoms with Crippen LogP contribution in [-0.4, -0.2) is 78.9 Å². The molecule has 2 amide bonds. The SMILES string of the molecule is CC(C)Oc1ccc(NC(=O)N2CCOC(CN(C)CC(=O)O)C2)cc1Cl. The molecule has 1 aliphatic rings. The fraction of sp³-hybridized carbons (Fsp3) is 0.556. The van der Waals surface area contributed by atoms with Crippen molar-refractivity contribution in [3.63, 3.8) is 0 Å². The minimum Gasteiger partial charge on any atom is -0.489 e. The standard InChI is InChI=1S/C18H26ClN3O5/c1-12(2)27-16-5-4-13(8-15(16)19)20-18(25)22-6-7-26-14(10-22)9-21(3)11-17(23)24/h4-5,8,12,14H,6-7,9-11H2,1-3H3,(H,20,25)(H,23,24). The van der Waals surface area contributed by atoms with Gasteiger partial charge in [0.2, 0.25) is 0 Å². The number of nitrogens with one attached hydrogen (secondary N) is 1. The number of hydrogen-bond acceptors (Lipinski definition) is 5. The number of urea groups is 1. The molecule has 150 valence electrons. The molecule has 0 bridgehead atoms. The molecule has 0 aromatic heterocycles. The van der Waals surface area contributed by atoms with Crippen LogP contribution in [0.1, 0.15) is 13.8 Å². The number of morpholine rings is 1. The van der Waals surface area contributed by atoms with Gasteiger partial charge < -0.3 is 24.8 Å². The molecule has 9 heteroatoms.